The summed E-state index contributed by atoms with van der Waals surface area (Å²) < 4.78 is 3.82. The first-order valence-corrected chi connectivity index (χ1v) is 7.78. The topological polar surface area (TPSA) is 43.1 Å². The van der Waals surface area contributed by atoms with E-state index in [-0.39, 0.29) is 0 Å². The fraction of sp³-hybridized carbons (Fsp3) is 0.0714. The molecule has 0 amide bonds. The number of halogens is 1. The van der Waals surface area contributed by atoms with E-state index in [1.165, 1.54) is 10.3 Å². The number of rotatable bonds is 2. The van der Waals surface area contributed by atoms with Crippen LogP contribution in [0.4, 0.5) is 0 Å². The molecule has 3 aromatic heterocycles. The zero-order valence-electron chi connectivity index (χ0n) is 10.3. The van der Waals surface area contributed by atoms with Crippen molar-refractivity contribution in [3.63, 3.8) is 0 Å². The Labute approximate surface area is 127 Å². The Morgan fingerprint density at radius 3 is 3.10 bits per heavy atom. The van der Waals surface area contributed by atoms with Crippen molar-refractivity contribution in [1.82, 2.24) is 19.6 Å². The van der Waals surface area contributed by atoms with Crippen LogP contribution in [0.25, 0.3) is 15.9 Å². The standard InChI is InChI=1S/C14H9BrN4S/c15-13-3-4-14-17-10(7-19(14)18-13)5-9-1-2-11-12(6-9)20-8-16-11/h1-4,6-8H,5H2. The average Bonchev–Trinajstić information content (AvgIpc) is 3.03. The van der Waals surface area contributed by atoms with Crippen molar-refractivity contribution < 1.29 is 0 Å². The highest BCUT2D eigenvalue weighted by Crippen LogP contribution is 2.21. The molecular weight excluding hydrogens is 336 g/mol. The van der Waals surface area contributed by atoms with E-state index in [4.69, 9.17) is 0 Å². The van der Waals surface area contributed by atoms with E-state index >= 15 is 0 Å². The quantitative estimate of drug-likeness (QED) is 0.556. The van der Waals surface area contributed by atoms with Gasteiger partial charge in [0.15, 0.2) is 5.65 Å². The van der Waals surface area contributed by atoms with E-state index in [0.717, 1.165) is 27.9 Å². The summed E-state index contributed by atoms with van der Waals surface area (Å²) in [7, 11) is 0. The minimum atomic E-state index is 0.800. The summed E-state index contributed by atoms with van der Waals surface area (Å²) in [5, 5.41) is 4.34. The zero-order valence-corrected chi connectivity index (χ0v) is 12.7. The molecule has 4 aromatic rings. The van der Waals surface area contributed by atoms with Crippen molar-refractivity contribution in [2.24, 2.45) is 0 Å². The van der Waals surface area contributed by atoms with Gasteiger partial charge in [-0.05, 0) is 45.8 Å². The summed E-state index contributed by atoms with van der Waals surface area (Å²) in [6.45, 7) is 0. The highest BCUT2D eigenvalue weighted by atomic mass is 79.9. The number of nitrogens with zero attached hydrogens (tertiary/aromatic N) is 4. The molecule has 0 aliphatic heterocycles. The van der Waals surface area contributed by atoms with Gasteiger partial charge < -0.3 is 0 Å². The van der Waals surface area contributed by atoms with Crippen LogP contribution in [0.5, 0.6) is 0 Å². The third kappa shape index (κ3) is 2.10. The van der Waals surface area contributed by atoms with Crippen LogP contribution < -0.4 is 0 Å². The number of aromatic nitrogens is 4. The molecule has 0 bridgehead atoms. The van der Waals surface area contributed by atoms with Crippen molar-refractivity contribution in [1.29, 1.82) is 0 Å². The van der Waals surface area contributed by atoms with Crippen molar-refractivity contribution in [2.75, 3.05) is 0 Å². The van der Waals surface area contributed by atoms with Gasteiger partial charge in [-0.1, -0.05) is 6.07 Å². The molecule has 4 nitrogen and oxygen atoms in total. The lowest BCUT2D eigenvalue weighted by Gasteiger charge is -1.97. The van der Waals surface area contributed by atoms with E-state index in [1.54, 1.807) is 15.9 Å². The Kier molecular flexibility index (Phi) is 2.78. The van der Waals surface area contributed by atoms with Gasteiger partial charge >= 0.3 is 0 Å². The van der Waals surface area contributed by atoms with Gasteiger partial charge in [0.25, 0.3) is 0 Å². The maximum absolute atomic E-state index is 4.58. The van der Waals surface area contributed by atoms with E-state index in [1.807, 2.05) is 23.8 Å². The highest BCUT2D eigenvalue weighted by molar-refractivity contribution is 9.10. The largest absolute Gasteiger partial charge is 0.245 e. The molecule has 98 valence electrons. The van der Waals surface area contributed by atoms with Crippen LogP contribution in [-0.2, 0) is 6.42 Å². The summed E-state index contributed by atoms with van der Waals surface area (Å²) in [4.78, 5) is 8.88. The van der Waals surface area contributed by atoms with Gasteiger partial charge in [0.1, 0.15) is 4.60 Å². The van der Waals surface area contributed by atoms with Crippen molar-refractivity contribution in [3.8, 4) is 0 Å². The summed E-state index contributed by atoms with van der Waals surface area (Å²) >= 11 is 5.03. The number of thiazole rings is 1. The molecule has 1 aromatic carbocycles. The smallest absolute Gasteiger partial charge is 0.153 e. The second kappa shape index (κ2) is 4.64. The SMILES string of the molecule is Brc1ccc2nc(Cc3ccc4ncsc4c3)cn2n1. The first-order valence-electron chi connectivity index (χ1n) is 6.11. The van der Waals surface area contributed by atoms with Crippen molar-refractivity contribution >= 4 is 43.1 Å². The molecule has 0 saturated heterocycles. The normalized spacial score (nSPS) is 11.4. The summed E-state index contributed by atoms with van der Waals surface area (Å²) in [6, 6.07) is 10.2. The van der Waals surface area contributed by atoms with Gasteiger partial charge in [0.05, 0.1) is 27.6 Å². The molecule has 0 spiro atoms. The summed E-state index contributed by atoms with van der Waals surface area (Å²) in [5.74, 6) is 0. The molecule has 0 aliphatic rings. The number of benzene rings is 1. The van der Waals surface area contributed by atoms with Crippen LogP contribution >= 0.6 is 27.3 Å². The molecular formula is C14H9BrN4S. The van der Waals surface area contributed by atoms with Crippen molar-refractivity contribution in [3.05, 3.63) is 57.9 Å². The van der Waals surface area contributed by atoms with Gasteiger partial charge in [0, 0.05) is 6.42 Å². The Hall–Kier alpha value is -1.79. The number of hydrogen-bond acceptors (Lipinski definition) is 4. The fourth-order valence-corrected chi connectivity index (χ4v) is 3.26. The van der Waals surface area contributed by atoms with Crippen LogP contribution in [0.3, 0.4) is 0 Å². The zero-order chi connectivity index (χ0) is 13.5. The van der Waals surface area contributed by atoms with Gasteiger partial charge in [-0.15, -0.1) is 11.3 Å². The number of imidazole rings is 1. The van der Waals surface area contributed by atoms with Gasteiger partial charge in [0.2, 0.25) is 0 Å². The predicted molar refractivity (Wildman–Crippen MR) is 83.1 cm³/mol. The maximum atomic E-state index is 4.58. The average molecular weight is 345 g/mol. The first kappa shape index (κ1) is 12.0. The predicted octanol–water partition coefficient (Wildman–Crippen LogP) is 3.69. The molecule has 0 radical (unpaired) electrons. The van der Waals surface area contributed by atoms with Crippen LogP contribution in [-0.4, -0.2) is 19.6 Å². The molecule has 4 rings (SSSR count). The Bertz CT molecular complexity index is 912. The lowest BCUT2D eigenvalue weighted by atomic mass is 10.1. The summed E-state index contributed by atoms with van der Waals surface area (Å²) in [5.41, 5.74) is 6.05. The Morgan fingerprint density at radius 1 is 1.20 bits per heavy atom. The van der Waals surface area contributed by atoms with Gasteiger partial charge in [-0.2, -0.15) is 5.10 Å². The Balaban J connectivity index is 1.72. The molecule has 0 saturated carbocycles. The van der Waals surface area contributed by atoms with Crippen LogP contribution in [0, 0.1) is 0 Å². The highest BCUT2D eigenvalue weighted by Gasteiger charge is 2.05. The molecule has 0 aliphatic carbocycles. The second-order valence-electron chi connectivity index (χ2n) is 4.52. The van der Waals surface area contributed by atoms with E-state index in [0.29, 0.717) is 0 Å². The molecule has 0 N–H and O–H groups in total. The van der Waals surface area contributed by atoms with Crippen LogP contribution in [0.2, 0.25) is 0 Å². The molecule has 0 atom stereocenters. The third-order valence-electron chi connectivity index (χ3n) is 3.12. The fourth-order valence-electron chi connectivity index (χ4n) is 2.21. The summed E-state index contributed by atoms with van der Waals surface area (Å²) in [6.07, 6.45) is 2.77. The number of hydrogen-bond donors (Lipinski definition) is 0. The monoisotopic (exact) mass is 344 g/mol. The Morgan fingerprint density at radius 2 is 2.15 bits per heavy atom. The van der Waals surface area contributed by atoms with Gasteiger partial charge in [-0.25, -0.2) is 14.5 Å². The third-order valence-corrected chi connectivity index (χ3v) is 4.33. The molecule has 3 heterocycles. The molecule has 20 heavy (non-hydrogen) atoms. The lowest BCUT2D eigenvalue weighted by Crippen LogP contribution is -1.89. The minimum absolute atomic E-state index is 0.800. The molecule has 0 fully saturated rings. The van der Waals surface area contributed by atoms with Crippen LogP contribution in [0.15, 0.2) is 46.6 Å². The van der Waals surface area contributed by atoms with Crippen molar-refractivity contribution in [2.45, 2.75) is 6.42 Å². The molecule has 0 unspecified atom stereocenters. The lowest BCUT2D eigenvalue weighted by molar-refractivity contribution is 0.913. The van der Waals surface area contributed by atoms with Crippen LogP contribution in [0.1, 0.15) is 11.3 Å². The van der Waals surface area contributed by atoms with E-state index < -0.39 is 0 Å². The van der Waals surface area contributed by atoms with E-state index in [9.17, 15) is 0 Å². The van der Waals surface area contributed by atoms with E-state index in [2.05, 4.69) is 49.2 Å². The minimum Gasteiger partial charge on any atom is -0.245 e. The maximum Gasteiger partial charge on any atom is 0.153 e. The number of fused-ring (bicyclic) bond motifs is 2. The first-order chi connectivity index (χ1) is 9.78. The second-order valence-corrected chi connectivity index (χ2v) is 6.22. The molecule has 6 heteroatoms. The van der Waals surface area contributed by atoms with Gasteiger partial charge in [-0.3, -0.25) is 0 Å².